The third kappa shape index (κ3) is 3.03. The number of Topliss-reactive ketones (excluding diaryl/α,β-unsaturated/α-hetero) is 1. The van der Waals surface area contributed by atoms with Gasteiger partial charge in [0.05, 0.1) is 12.8 Å². The van der Waals surface area contributed by atoms with Gasteiger partial charge in [0.2, 0.25) is 0 Å². The molecule has 4 nitrogen and oxygen atoms in total. The minimum Gasteiger partial charge on any atom is -0.407 e. The maximum absolute atomic E-state index is 11.9. The van der Waals surface area contributed by atoms with E-state index in [1.54, 1.807) is 11.5 Å². The van der Waals surface area contributed by atoms with Crippen LogP contribution < -0.4 is 0 Å². The number of ketones is 1. The van der Waals surface area contributed by atoms with Gasteiger partial charge in [-0.2, -0.15) is 4.79 Å². The Bertz CT molecular complexity index is 491. The predicted molar refractivity (Wildman–Crippen MR) is 66.7 cm³/mol. The summed E-state index contributed by atoms with van der Waals surface area (Å²) < 4.78 is 6.77. The second kappa shape index (κ2) is 5.58. The van der Waals surface area contributed by atoms with Crippen molar-refractivity contribution < 1.29 is 18.9 Å². The van der Waals surface area contributed by atoms with E-state index >= 15 is 0 Å². The first kappa shape index (κ1) is 12.5. The number of hydrogen-bond acceptors (Lipinski definition) is 3. The van der Waals surface area contributed by atoms with Gasteiger partial charge in [-0.25, -0.2) is 0 Å². The number of benzene rings is 1. The number of carbonyl (C=O) groups excluding carboxylic acids is 2. The van der Waals surface area contributed by atoms with E-state index in [-0.39, 0.29) is 18.5 Å². The zero-order chi connectivity index (χ0) is 13.0. The van der Waals surface area contributed by atoms with E-state index in [1.165, 1.54) is 0 Å². The molecule has 0 atom stereocenters. The van der Waals surface area contributed by atoms with Gasteiger partial charge in [-0.3, -0.25) is 4.79 Å². The highest BCUT2D eigenvalue weighted by molar-refractivity contribution is 6.01. The molecule has 0 radical (unpaired) electrons. The lowest BCUT2D eigenvalue weighted by atomic mass is 10.1. The molecule has 1 aliphatic heterocycles. The standard InChI is InChI=1S/C14H16NO3/c1-11-9-13(16)7-8-15(11)14(17)18-10-12-5-3-2-4-6-12/h2-6H,7-10H2,1H3/q+1. The molecule has 94 valence electrons. The Morgan fingerprint density at radius 3 is 2.72 bits per heavy atom. The number of rotatable bonds is 2. The molecule has 0 spiro atoms. The minimum absolute atomic E-state index is 0.180. The van der Waals surface area contributed by atoms with E-state index < -0.39 is 0 Å². The summed E-state index contributed by atoms with van der Waals surface area (Å²) in [6, 6.07) is 9.53. The van der Waals surface area contributed by atoms with Gasteiger partial charge in [-0.05, 0) is 5.56 Å². The number of carbonyl (C=O) groups is 2. The van der Waals surface area contributed by atoms with Crippen LogP contribution in [0.2, 0.25) is 0 Å². The summed E-state index contributed by atoms with van der Waals surface area (Å²) in [5, 5.41) is 0. The van der Waals surface area contributed by atoms with Crippen LogP contribution in [0.3, 0.4) is 0 Å². The normalized spacial score (nSPS) is 15.7. The van der Waals surface area contributed by atoms with Crippen LogP contribution in [0.15, 0.2) is 30.3 Å². The zero-order valence-corrected chi connectivity index (χ0v) is 10.4. The Balaban J connectivity index is 1.96. The molecule has 1 aromatic rings. The SMILES string of the molecule is CC1=[N+](C(=O)OCc2ccccc2)CCC(=O)C1. The number of amides is 1. The third-order valence-corrected chi connectivity index (χ3v) is 2.95. The van der Waals surface area contributed by atoms with Crippen molar-refractivity contribution in [2.24, 2.45) is 0 Å². The predicted octanol–water partition coefficient (Wildman–Crippen LogP) is 2.16. The summed E-state index contributed by atoms with van der Waals surface area (Å²) in [7, 11) is 0. The van der Waals surface area contributed by atoms with Crippen LogP contribution in [-0.4, -0.2) is 28.7 Å². The van der Waals surface area contributed by atoms with Gasteiger partial charge < -0.3 is 4.74 Å². The quantitative estimate of drug-likeness (QED) is 0.751. The lowest BCUT2D eigenvalue weighted by Crippen LogP contribution is -2.34. The molecule has 0 aromatic heterocycles. The number of hydrogen-bond donors (Lipinski definition) is 0. The van der Waals surface area contributed by atoms with Crippen molar-refractivity contribution in [1.82, 2.24) is 0 Å². The van der Waals surface area contributed by atoms with E-state index in [2.05, 4.69) is 0 Å². The molecule has 0 bridgehead atoms. The van der Waals surface area contributed by atoms with E-state index in [1.807, 2.05) is 30.3 Å². The lowest BCUT2D eigenvalue weighted by Gasteiger charge is -2.09. The highest BCUT2D eigenvalue weighted by Crippen LogP contribution is 2.06. The average molecular weight is 246 g/mol. The topological polar surface area (TPSA) is 46.4 Å². The van der Waals surface area contributed by atoms with E-state index in [0.717, 1.165) is 11.3 Å². The van der Waals surface area contributed by atoms with Crippen LogP contribution >= 0.6 is 0 Å². The number of nitrogens with zero attached hydrogens (tertiary/aromatic N) is 1. The molecular weight excluding hydrogens is 230 g/mol. The van der Waals surface area contributed by atoms with Crippen LogP contribution in [0.25, 0.3) is 0 Å². The molecule has 0 unspecified atom stereocenters. The fourth-order valence-corrected chi connectivity index (χ4v) is 1.94. The first-order valence-electron chi connectivity index (χ1n) is 5.99. The molecule has 1 amide bonds. The maximum Gasteiger partial charge on any atom is 0.596 e. The zero-order valence-electron chi connectivity index (χ0n) is 10.4. The largest absolute Gasteiger partial charge is 0.596 e. The van der Waals surface area contributed by atoms with E-state index in [9.17, 15) is 9.59 Å². The average Bonchev–Trinajstić information content (AvgIpc) is 2.37. The first-order valence-corrected chi connectivity index (χ1v) is 5.99. The molecular formula is C14H16NO3+. The molecule has 4 heteroatoms. The van der Waals surface area contributed by atoms with Gasteiger partial charge in [-0.15, -0.1) is 4.58 Å². The van der Waals surface area contributed by atoms with Crippen LogP contribution in [0.5, 0.6) is 0 Å². The van der Waals surface area contributed by atoms with Crippen molar-refractivity contribution in [1.29, 1.82) is 0 Å². The van der Waals surface area contributed by atoms with Gasteiger partial charge >= 0.3 is 6.09 Å². The summed E-state index contributed by atoms with van der Waals surface area (Å²) in [5.41, 5.74) is 1.72. The van der Waals surface area contributed by atoms with Crippen LogP contribution in [0.1, 0.15) is 25.3 Å². The van der Waals surface area contributed by atoms with Crippen molar-refractivity contribution in [2.45, 2.75) is 26.4 Å². The Morgan fingerprint density at radius 2 is 2.06 bits per heavy atom. The number of ether oxygens (including phenoxy) is 1. The Labute approximate surface area is 106 Å². The van der Waals surface area contributed by atoms with Crippen molar-refractivity contribution >= 4 is 17.6 Å². The monoisotopic (exact) mass is 246 g/mol. The van der Waals surface area contributed by atoms with Crippen molar-refractivity contribution in [3.63, 3.8) is 0 Å². The molecule has 18 heavy (non-hydrogen) atoms. The second-order valence-corrected chi connectivity index (χ2v) is 4.39. The third-order valence-electron chi connectivity index (χ3n) is 2.95. The molecule has 0 saturated heterocycles. The molecule has 1 heterocycles. The van der Waals surface area contributed by atoms with E-state index in [0.29, 0.717) is 19.4 Å². The Morgan fingerprint density at radius 1 is 1.33 bits per heavy atom. The summed E-state index contributed by atoms with van der Waals surface area (Å²) in [6.07, 6.45) is 0.391. The Hall–Kier alpha value is -1.97. The van der Waals surface area contributed by atoms with E-state index in [4.69, 9.17) is 4.74 Å². The molecule has 0 fully saturated rings. The van der Waals surface area contributed by atoms with Crippen molar-refractivity contribution in [3.05, 3.63) is 35.9 Å². The van der Waals surface area contributed by atoms with Crippen molar-refractivity contribution in [2.75, 3.05) is 6.54 Å². The first-order chi connectivity index (χ1) is 8.66. The summed E-state index contributed by atoms with van der Waals surface area (Å²) in [6.45, 7) is 2.48. The summed E-state index contributed by atoms with van der Waals surface area (Å²) in [5.74, 6) is 0.180. The van der Waals surface area contributed by atoms with Gasteiger partial charge in [0.1, 0.15) is 12.4 Å². The molecule has 0 saturated carbocycles. The van der Waals surface area contributed by atoms with Gasteiger partial charge in [-0.1, -0.05) is 30.3 Å². The summed E-state index contributed by atoms with van der Waals surface area (Å²) in [4.78, 5) is 23.1. The fourth-order valence-electron chi connectivity index (χ4n) is 1.94. The smallest absolute Gasteiger partial charge is 0.407 e. The molecule has 2 rings (SSSR count). The molecule has 0 aliphatic carbocycles. The fraction of sp³-hybridized carbons (Fsp3) is 0.357. The summed E-state index contributed by atoms with van der Waals surface area (Å²) >= 11 is 0. The maximum atomic E-state index is 11.9. The minimum atomic E-state index is -0.371. The second-order valence-electron chi connectivity index (χ2n) is 4.39. The highest BCUT2D eigenvalue weighted by atomic mass is 16.5. The lowest BCUT2D eigenvalue weighted by molar-refractivity contribution is -0.450. The van der Waals surface area contributed by atoms with Gasteiger partial charge in [0.15, 0.2) is 12.3 Å². The van der Waals surface area contributed by atoms with Gasteiger partial charge in [0, 0.05) is 6.92 Å². The highest BCUT2D eigenvalue weighted by Gasteiger charge is 2.29. The van der Waals surface area contributed by atoms with Crippen LogP contribution in [-0.2, 0) is 16.1 Å². The van der Waals surface area contributed by atoms with Gasteiger partial charge in [0.25, 0.3) is 0 Å². The molecule has 1 aromatic carbocycles. The van der Waals surface area contributed by atoms with Crippen molar-refractivity contribution in [3.8, 4) is 0 Å². The molecule has 0 N–H and O–H groups in total. The molecule has 1 aliphatic rings. The van der Waals surface area contributed by atoms with Crippen LogP contribution in [0.4, 0.5) is 4.79 Å². The Kier molecular flexibility index (Phi) is 3.87. The van der Waals surface area contributed by atoms with Crippen LogP contribution in [0, 0.1) is 0 Å².